The Labute approximate surface area is 132 Å². The van der Waals surface area contributed by atoms with Gasteiger partial charge in [-0.05, 0) is 13.0 Å². The summed E-state index contributed by atoms with van der Waals surface area (Å²) in [6.45, 7) is 2.68. The van der Waals surface area contributed by atoms with E-state index in [1.807, 2.05) is 0 Å². The number of methoxy groups -OCH3 is 1. The topological polar surface area (TPSA) is 69.0 Å². The third-order valence-corrected chi connectivity index (χ3v) is 3.51. The minimum atomic E-state index is -0.478. The second-order valence-electron chi connectivity index (χ2n) is 4.49. The number of carbonyl (C=O) groups is 1. The molecule has 2 aromatic rings. The molecular weight excluding hydrogens is 315 g/mol. The number of halogens is 2. The van der Waals surface area contributed by atoms with Crippen LogP contribution in [0, 0.1) is 0 Å². The van der Waals surface area contributed by atoms with Gasteiger partial charge in [0.15, 0.2) is 5.65 Å². The molecule has 0 aliphatic carbocycles. The molecule has 0 fully saturated rings. The fourth-order valence-electron chi connectivity index (χ4n) is 2.05. The summed E-state index contributed by atoms with van der Waals surface area (Å²) in [7, 11) is 1.58. The molecule has 8 heteroatoms. The van der Waals surface area contributed by atoms with Gasteiger partial charge in [0.25, 0.3) is 0 Å². The number of nitrogens with zero attached hydrogens (tertiary/aromatic N) is 3. The first-order valence-electron chi connectivity index (χ1n) is 6.43. The second kappa shape index (κ2) is 7.06. The molecule has 0 spiro atoms. The number of rotatable bonds is 6. The number of amides is 1. The van der Waals surface area contributed by atoms with E-state index in [-0.39, 0.29) is 11.8 Å². The van der Waals surface area contributed by atoms with Crippen LogP contribution in [0.1, 0.15) is 18.8 Å². The summed E-state index contributed by atoms with van der Waals surface area (Å²) in [6.07, 6.45) is 1.52. The average Bonchev–Trinajstić information content (AvgIpc) is 2.83. The first-order valence-corrected chi connectivity index (χ1v) is 7.34. The minimum Gasteiger partial charge on any atom is -0.383 e. The normalized spacial score (nSPS) is 12.6. The molecule has 1 N–H and O–H groups in total. The van der Waals surface area contributed by atoms with Crippen LogP contribution in [0.15, 0.2) is 12.3 Å². The molecular formula is C13H16Cl2N4O2. The SMILES string of the molecule is COCCNC(=O)C(C)n1c(CCl)nc2cc(Cl)cnc21. The highest BCUT2D eigenvalue weighted by Crippen LogP contribution is 2.23. The number of pyridine rings is 1. The number of nitrogens with one attached hydrogen (secondary N) is 1. The molecule has 0 aliphatic rings. The highest BCUT2D eigenvalue weighted by atomic mass is 35.5. The van der Waals surface area contributed by atoms with Crippen molar-refractivity contribution in [3.63, 3.8) is 0 Å². The summed E-state index contributed by atoms with van der Waals surface area (Å²) >= 11 is 11.8. The molecule has 114 valence electrons. The van der Waals surface area contributed by atoms with Gasteiger partial charge in [-0.25, -0.2) is 9.97 Å². The summed E-state index contributed by atoms with van der Waals surface area (Å²) in [5.41, 5.74) is 1.21. The predicted octanol–water partition coefficient (Wildman–Crippen LogP) is 2.15. The van der Waals surface area contributed by atoms with Crippen LogP contribution in [0.4, 0.5) is 0 Å². The number of fused-ring (bicyclic) bond motifs is 1. The monoisotopic (exact) mass is 330 g/mol. The first-order chi connectivity index (χ1) is 10.1. The van der Waals surface area contributed by atoms with E-state index in [0.717, 1.165) is 0 Å². The van der Waals surface area contributed by atoms with Crippen molar-refractivity contribution in [2.45, 2.75) is 18.8 Å². The summed E-state index contributed by atoms with van der Waals surface area (Å²) < 4.78 is 6.63. The van der Waals surface area contributed by atoms with Gasteiger partial charge in [0.2, 0.25) is 5.91 Å². The molecule has 21 heavy (non-hydrogen) atoms. The Morgan fingerprint density at radius 1 is 1.57 bits per heavy atom. The van der Waals surface area contributed by atoms with E-state index in [4.69, 9.17) is 27.9 Å². The maximum absolute atomic E-state index is 12.2. The number of imidazole rings is 1. The zero-order chi connectivity index (χ0) is 15.4. The van der Waals surface area contributed by atoms with Crippen molar-refractivity contribution in [2.24, 2.45) is 0 Å². The van der Waals surface area contributed by atoms with Gasteiger partial charge in [0.1, 0.15) is 17.4 Å². The molecule has 2 aromatic heterocycles. The number of ether oxygens (including phenoxy) is 1. The quantitative estimate of drug-likeness (QED) is 0.650. The molecule has 1 amide bonds. The van der Waals surface area contributed by atoms with Crippen molar-refractivity contribution in [1.29, 1.82) is 0 Å². The number of carbonyl (C=O) groups excluding carboxylic acids is 1. The maximum atomic E-state index is 12.2. The zero-order valence-electron chi connectivity index (χ0n) is 11.8. The summed E-state index contributed by atoms with van der Waals surface area (Å²) in [6, 6.07) is 1.22. The zero-order valence-corrected chi connectivity index (χ0v) is 13.3. The van der Waals surface area contributed by atoms with Gasteiger partial charge < -0.3 is 10.1 Å². The highest BCUT2D eigenvalue weighted by Gasteiger charge is 2.21. The van der Waals surface area contributed by atoms with Gasteiger partial charge in [0.05, 0.1) is 17.5 Å². The molecule has 0 radical (unpaired) electrons. The molecule has 1 atom stereocenters. The van der Waals surface area contributed by atoms with Crippen LogP contribution in [0.3, 0.4) is 0 Å². The van der Waals surface area contributed by atoms with Crippen LogP contribution in [-0.4, -0.2) is 40.7 Å². The van der Waals surface area contributed by atoms with Crippen LogP contribution in [0.2, 0.25) is 5.02 Å². The summed E-state index contributed by atoms with van der Waals surface area (Å²) in [5.74, 6) is 0.620. The van der Waals surface area contributed by atoms with Gasteiger partial charge >= 0.3 is 0 Å². The largest absolute Gasteiger partial charge is 0.383 e. The first kappa shape index (κ1) is 16.0. The number of aromatic nitrogens is 3. The molecule has 0 saturated carbocycles. The van der Waals surface area contributed by atoms with E-state index in [1.165, 1.54) is 6.20 Å². The van der Waals surface area contributed by atoms with Crippen molar-refractivity contribution in [1.82, 2.24) is 19.9 Å². The third kappa shape index (κ3) is 3.45. The van der Waals surface area contributed by atoms with E-state index >= 15 is 0 Å². The molecule has 0 aliphatic heterocycles. The fraction of sp³-hybridized carbons (Fsp3) is 0.462. The third-order valence-electron chi connectivity index (χ3n) is 3.06. The fourth-order valence-corrected chi connectivity index (χ4v) is 2.39. The maximum Gasteiger partial charge on any atom is 0.242 e. The lowest BCUT2D eigenvalue weighted by atomic mass is 10.3. The Hall–Kier alpha value is -1.37. The number of alkyl halides is 1. The number of hydrogen-bond donors (Lipinski definition) is 1. The van der Waals surface area contributed by atoms with Gasteiger partial charge in [-0.3, -0.25) is 9.36 Å². The summed E-state index contributed by atoms with van der Waals surface area (Å²) in [4.78, 5) is 20.8. The van der Waals surface area contributed by atoms with Crippen LogP contribution in [0.5, 0.6) is 0 Å². The predicted molar refractivity (Wildman–Crippen MR) is 81.7 cm³/mol. The molecule has 2 heterocycles. The number of hydrogen-bond acceptors (Lipinski definition) is 4. The Kier molecular flexibility index (Phi) is 5.39. The van der Waals surface area contributed by atoms with Gasteiger partial charge in [0, 0.05) is 19.9 Å². The lowest BCUT2D eigenvalue weighted by molar-refractivity contribution is -0.124. The Bertz CT molecular complexity index is 644. The van der Waals surface area contributed by atoms with Crippen LogP contribution < -0.4 is 5.32 Å². The lowest BCUT2D eigenvalue weighted by Crippen LogP contribution is -2.33. The Balaban J connectivity index is 2.33. The second-order valence-corrected chi connectivity index (χ2v) is 5.19. The van der Waals surface area contributed by atoms with E-state index in [1.54, 1.807) is 24.7 Å². The molecule has 0 aromatic carbocycles. The molecule has 2 rings (SSSR count). The van der Waals surface area contributed by atoms with Crippen molar-refractivity contribution in [2.75, 3.05) is 20.3 Å². The van der Waals surface area contributed by atoms with Crippen LogP contribution in [0.25, 0.3) is 11.2 Å². The van der Waals surface area contributed by atoms with Crippen molar-refractivity contribution in [3.8, 4) is 0 Å². The van der Waals surface area contributed by atoms with Gasteiger partial charge in [-0.15, -0.1) is 11.6 Å². The van der Waals surface area contributed by atoms with E-state index in [0.29, 0.717) is 35.2 Å². The van der Waals surface area contributed by atoms with Crippen molar-refractivity contribution < 1.29 is 9.53 Å². The Morgan fingerprint density at radius 3 is 3.00 bits per heavy atom. The van der Waals surface area contributed by atoms with Gasteiger partial charge in [-0.2, -0.15) is 0 Å². The average molecular weight is 331 g/mol. The molecule has 1 unspecified atom stereocenters. The van der Waals surface area contributed by atoms with Crippen LogP contribution >= 0.6 is 23.2 Å². The minimum absolute atomic E-state index is 0.144. The van der Waals surface area contributed by atoms with E-state index in [9.17, 15) is 4.79 Å². The highest BCUT2D eigenvalue weighted by molar-refractivity contribution is 6.31. The lowest BCUT2D eigenvalue weighted by Gasteiger charge is -2.16. The van der Waals surface area contributed by atoms with E-state index < -0.39 is 6.04 Å². The molecule has 6 nitrogen and oxygen atoms in total. The summed E-state index contributed by atoms with van der Waals surface area (Å²) in [5, 5.41) is 3.28. The Morgan fingerprint density at radius 2 is 2.33 bits per heavy atom. The van der Waals surface area contributed by atoms with Crippen LogP contribution in [-0.2, 0) is 15.4 Å². The van der Waals surface area contributed by atoms with Crippen molar-refractivity contribution in [3.05, 3.63) is 23.1 Å². The van der Waals surface area contributed by atoms with E-state index in [2.05, 4.69) is 15.3 Å². The molecule has 0 bridgehead atoms. The standard InChI is InChI=1S/C13H16Cl2N4O2/c1-8(13(20)16-3-4-21-2)19-11(6-14)18-10-5-9(15)7-17-12(10)19/h5,7-8H,3-4,6H2,1-2H3,(H,16,20). The van der Waals surface area contributed by atoms with Gasteiger partial charge in [-0.1, -0.05) is 11.6 Å². The molecule has 0 saturated heterocycles. The smallest absolute Gasteiger partial charge is 0.242 e. The van der Waals surface area contributed by atoms with Crippen molar-refractivity contribution >= 4 is 40.3 Å².